The Morgan fingerprint density at radius 2 is 2.38 bits per heavy atom. The highest BCUT2D eigenvalue weighted by molar-refractivity contribution is 9.10. The van der Waals surface area contributed by atoms with Crippen LogP contribution < -0.4 is 5.32 Å². The van der Waals surface area contributed by atoms with E-state index < -0.39 is 0 Å². The summed E-state index contributed by atoms with van der Waals surface area (Å²) >= 11 is 4.91. The molecule has 0 saturated carbocycles. The lowest BCUT2D eigenvalue weighted by Crippen LogP contribution is -2.25. The number of hydrogen-bond donors (Lipinski definition) is 1. The van der Waals surface area contributed by atoms with Crippen LogP contribution in [0.4, 0.5) is 0 Å². The summed E-state index contributed by atoms with van der Waals surface area (Å²) in [7, 11) is 0. The molecule has 0 atom stereocenters. The zero-order valence-electron chi connectivity index (χ0n) is 8.92. The Bertz CT molecular complexity index is 426. The Kier molecular flexibility index (Phi) is 5.44. The van der Waals surface area contributed by atoms with Crippen molar-refractivity contribution in [2.24, 2.45) is 0 Å². The van der Waals surface area contributed by atoms with E-state index in [1.807, 2.05) is 25.1 Å². The van der Waals surface area contributed by atoms with Crippen molar-refractivity contribution in [3.63, 3.8) is 0 Å². The lowest BCUT2D eigenvalue weighted by molar-refractivity contribution is -0.118. The number of rotatable bonds is 4. The predicted octanol–water partition coefficient (Wildman–Crippen LogP) is 2.60. The Balaban J connectivity index is 2.49. The number of carbonyl (C=O) groups excluding carboxylic acids is 1. The molecule has 2 nitrogen and oxygen atoms in total. The number of thioether (sulfide) groups is 1. The minimum atomic E-state index is -0.0368. The third-order valence-electron chi connectivity index (χ3n) is 1.88. The maximum Gasteiger partial charge on any atom is 0.231 e. The van der Waals surface area contributed by atoms with Crippen molar-refractivity contribution in [2.45, 2.75) is 11.8 Å². The van der Waals surface area contributed by atoms with Crippen LogP contribution in [0.15, 0.2) is 27.6 Å². The van der Waals surface area contributed by atoms with Crippen LogP contribution in [0.2, 0.25) is 0 Å². The lowest BCUT2D eigenvalue weighted by Gasteiger charge is -2.05. The third kappa shape index (κ3) is 4.30. The molecule has 0 aliphatic heterocycles. The average Bonchev–Trinajstić information content (AvgIpc) is 2.25. The van der Waals surface area contributed by atoms with Gasteiger partial charge in [0, 0.05) is 9.37 Å². The van der Waals surface area contributed by atoms with Crippen molar-refractivity contribution >= 4 is 33.6 Å². The summed E-state index contributed by atoms with van der Waals surface area (Å²) in [6, 6.07) is 5.99. The predicted molar refractivity (Wildman–Crippen MR) is 71.4 cm³/mol. The molecule has 0 saturated heterocycles. The van der Waals surface area contributed by atoms with E-state index in [1.54, 1.807) is 0 Å². The zero-order chi connectivity index (χ0) is 12.0. The minimum absolute atomic E-state index is 0.0368. The normalized spacial score (nSPS) is 9.56. The van der Waals surface area contributed by atoms with Crippen molar-refractivity contribution < 1.29 is 4.79 Å². The van der Waals surface area contributed by atoms with Gasteiger partial charge < -0.3 is 5.32 Å². The summed E-state index contributed by atoms with van der Waals surface area (Å²) in [5.74, 6) is 2.72. The van der Waals surface area contributed by atoms with Gasteiger partial charge in [-0.25, -0.2) is 0 Å². The molecule has 1 amide bonds. The summed E-state index contributed by atoms with van der Waals surface area (Å²) < 4.78 is 1.05. The molecule has 0 heterocycles. The number of halogens is 1. The first-order valence-corrected chi connectivity index (χ1v) is 6.50. The maximum absolute atomic E-state index is 11.3. The lowest BCUT2D eigenvalue weighted by atomic mass is 10.2. The van der Waals surface area contributed by atoms with Crippen LogP contribution in [0.5, 0.6) is 0 Å². The van der Waals surface area contributed by atoms with Crippen molar-refractivity contribution in [3.8, 4) is 12.3 Å². The fourth-order valence-electron chi connectivity index (χ4n) is 1.12. The molecule has 1 aromatic rings. The minimum Gasteiger partial charge on any atom is -0.344 e. The number of benzene rings is 1. The van der Waals surface area contributed by atoms with Crippen LogP contribution in [0.3, 0.4) is 0 Å². The second-order valence-corrected chi connectivity index (χ2v) is 5.11. The van der Waals surface area contributed by atoms with Crippen molar-refractivity contribution in [1.82, 2.24) is 5.32 Å². The largest absolute Gasteiger partial charge is 0.344 e. The Morgan fingerprint density at radius 3 is 3.00 bits per heavy atom. The monoisotopic (exact) mass is 297 g/mol. The van der Waals surface area contributed by atoms with E-state index >= 15 is 0 Å². The number of carbonyl (C=O) groups is 1. The van der Waals surface area contributed by atoms with Gasteiger partial charge in [-0.3, -0.25) is 4.79 Å². The molecule has 1 rings (SSSR count). The molecule has 84 valence electrons. The second kappa shape index (κ2) is 6.62. The van der Waals surface area contributed by atoms with Gasteiger partial charge in [0.15, 0.2) is 0 Å². The van der Waals surface area contributed by atoms with Gasteiger partial charge in [-0.05, 0) is 30.7 Å². The fraction of sp³-hybridized carbons (Fsp3) is 0.250. The molecule has 16 heavy (non-hydrogen) atoms. The number of hydrogen-bond acceptors (Lipinski definition) is 2. The highest BCUT2D eigenvalue weighted by Crippen LogP contribution is 2.24. The summed E-state index contributed by atoms with van der Waals surface area (Å²) in [4.78, 5) is 12.4. The molecule has 0 aromatic heterocycles. The van der Waals surface area contributed by atoms with Crippen LogP contribution in [0.25, 0.3) is 0 Å². The number of amides is 1. The molecule has 0 aliphatic carbocycles. The smallest absolute Gasteiger partial charge is 0.231 e. The summed E-state index contributed by atoms with van der Waals surface area (Å²) in [5.41, 5.74) is 1.16. The van der Waals surface area contributed by atoms with E-state index in [9.17, 15) is 4.79 Å². The molecule has 0 unspecified atom stereocenters. The van der Waals surface area contributed by atoms with Crippen LogP contribution in [0.1, 0.15) is 5.56 Å². The molecular weight excluding hydrogens is 286 g/mol. The Labute approximate surface area is 108 Å². The van der Waals surface area contributed by atoms with Gasteiger partial charge in [-0.15, -0.1) is 18.2 Å². The number of nitrogens with one attached hydrogen (secondary N) is 1. The van der Waals surface area contributed by atoms with E-state index in [2.05, 4.69) is 27.2 Å². The van der Waals surface area contributed by atoms with Crippen LogP contribution in [0, 0.1) is 19.3 Å². The summed E-state index contributed by atoms with van der Waals surface area (Å²) in [6.45, 7) is 2.31. The number of terminal acetylenes is 1. The van der Waals surface area contributed by atoms with Gasteiger partial charge in [-0.2, -0.15) is 0 Å². The standard InChI is InChI=1S/C12H12BrNOS/c1-3-6-14-12(15)8-16-11-5-4-10(13)7-9(11)2/h1,4-5,7H,6,8H2,2H3,(H,14,15). The summed E-state index contributed by atoms with van der Waals surface area (Å²) in [6.07, 6.45) is 5.05. The van der Waals surface area contributed by atoms with Gasteiger partial charge in [0.25, 0.3) is 0 Å². The van der Waals surface area contributed by atoms with E-state index in [4.69, 9.17) is 6.42 Å². The molecule has 0 spiro atoms. The van der Waals surface area contributed by atoms with Gasteiger partial charge in [0.05, 0.1) is 12.3 Å². The van der Waals surface area contributed by atoms with Crippen LogP contribution in [-0.4, -0.2) is 18.2 Å². The van der Waals surface area contributed by atoms with E-state index in [-0.39, 0.29) is 5.91 Å². The van der Waals surface area contributed by atoms with Crippen molar-refractivity contribution in [1.29, 1.82) is 0 Å². The Morgan fingerprint density at radius 1 is 1.62 bits per heavy atom. The molecule has 4 heteroatoms. The molecule has 0 bridgehead atoms. The molecule has 1 N–H and O–H groups in total. The molecule has 0 fully saturated rings. The topological polar surface area (TPSA) is 29.1 Å². The van der Waals surface area contributed by atoms with Gasteiger partial charge >= 0.3 is 0 Å². The highest BCUT2D eigenvalue weighted by Gasteiger charge is 2.04. The van der Waals surface area contributed by atoms with E-state index in [0.717, 1.165) is 14.9 Å². The molecule has 0 radical (unpaired) electrons. The van der Waals surface area contributed by atoms with Gasteiger partial charge in [0.2, 0.25) is 5.91 Å². The van der Waals surface area contributed by atoms with Crippen LogP contribution in [-0.2, 0) is 4.79 Å². The van der Waals surface area contributed by atoms with E-state index in [0.29, 0.717) is 12.3 Å². The first kappa shape index (κ1) is 13.1. The van der Waals surface area contributed by atoms with Crippen LogP contribution >= 0.6 is 27.7 Å². The van der Waals surface area contributed by atoms with Gasteiger partial charge in [0.1, 0.15) is 0 Å². The molecular formula is C12H12BrNOS. The zero-order valence-corrected chi connectivity index (χ0v) is 11.3. The van der Waals surface area contributed by atoms with Crippen molar-refractivity contribution in [3.05, 3.63) is 28.2 Å². The van der Waals surface area contributed by atoms with Crippen molar-refractivity contribution in [2.75, 3.05) is 12.3 Å². The van der Waals surface area contributed by atoms with E-state index in [1.165, 1.54) is 11.8 Å². The third-order valence-corrected chi connectivity index (χ3v) is 3.55. The first-order chi connectivity index (χ1) is 7.63. The maximum atomic E-state index is 11.3. The first-order valence-electron chi connectivity index (χ1n) is 4.72. The molecule has 1 aromatic carbocycles. The molecule has 0 aliphatic rings. The second-order valence-electron chi connectivity index (χ2n) is 3.18. The van der Waals surface area contributed by atoms with Gasteiger partial charge in [-0.1, -0.05) is 21.9 Å². The fourth-order valence-corrected chi connectivity index (χ4v) is 2.43. The quantitative estimate of drug-likeness (QED) is 0.684. The summed E-state index contributed by atoms with van der Waals surface area (Å²) in [5, 5.41) is 2.63. The Hall–Kier alpha value is -0.920. The number of aryl methyl sites for hydroxylation is 1. The SMILES string of the molecule is C#CCNC(=O)CSc1ccc(Br)cc1C. The highest BCUT2D eigenvalue weighted by atomic mass is 79.9. The average molecular weight is 298 g/mol.